The van der Waals surface area contributed by atoms with Gasteiger partial charge in [0, 0.05) is 25.6 Å². The lowest BCUT2D eigenvalue weighted by molar-refractivity contribution is -0.135. The van der Waals surface area contributed by atoms with Gasteiger partial charge in [0.1, 0.15) is 0 Å². The van der Waals surface area contributed by atoms with Crippen LogP contribution >= 0.6 is 0 Å². The SMILES string of the molecule is CC(CN1CCC(C(=O)N2CCCC2)CC1)c1ccccc1. The van der Waals surface area contributed by atoms with Gasteiger partial charge in [-0.25, -0.2) is 0 Å². The normalized spacial score (nSPS) is 22.0. The van der Waals surface area contributed by atoms with Crippen LogP contribution in [0.1, 0.15) is 44.1 Å². The summed E-state index contributed by atoms with van der Waals surface area (Å²) in [5, 5.41) is 0. The quantitative estimate of drug-likeness (QED) is 0.853. The first-order chi connectivity index (χ1) is 10.7. The zero-order valence-electron chi connectivity index (χ0n) is 13.7. The average molecular weight is 300 g/mol. The maximum absolute atomic E-state index is 12.5. The second kappa shape index (κ2) is 7.28. The number of carbonyl (C=O) groups is 1. The zero-order valence-corrected chi connectivity index (χ0v) is 13.7. The third-order valence-electron chi connectivity index (χ3n) is 5.26. The summed E-state index contributed by atoms with van der Waals surface area (Å²) >= 11 is 0. The van der Waals surface area contributed by atoms with E-state index in [-0.39, 0.29) is 5.92 Å². The molecule has 22 heavy (non-hydrogen) atoms. The fourth-order valence-electron chi connectivity index (χ4n) is 3.83. The summed E-state index contributed by atoms with van der Waals surface area (Å²) in [7, 11) is 0. The van der Waals surface area contributed by atoms with Crippen molar-refractivity contribution in [1.82, 2.24) is 9.80 Å². The molecule has 2 fully saturated rings. The van der Waals surface area contributed by atoms with E-state index in [2.05, 4.69) is 47.1 Å². The van der Waals surface area contributed by atoms with Gasteiger partial charge in [-0.15, -0.1) is 0 Å². The van der Waals surface area contributed by atoms with Crippen molar-refractivity contribution in [3.8, 4) is 0 Å². The van der Waals surface area contributed by atoms with Crippen molar-refractivity contribution in [2.45, 2.75) is 38.5 Å². The summed E-state index contributed by atoms with van der Waals surface area (Å²) in [5.41, 5.74) is 1.41. The molecule has 2 saturated heterocycles. The fraction of sp³-hybridized carbons (Fsp3) is 0.632. The number of carbonyl (C=O) groups excluding carboxylic acids is 1. The van der Waals surface area contributed by atoms with E-state index >= 15 is 0 Å². The number of piperidine rings is 1. The second-order valence-electron chi connectivity index (χ2n) is 6.92. The Morgan fingerprint density at radius 2 is 1.73 bits per heavy atom. The monoisotopic (exact) mass is 300 g/mol. The number of nitrogens with zero attached hydrogens (tertiary/aromatic N) is 2. The van der Waals surface area contributed by atoms with Gasteiger partial charge in [-0.1, -0.05) is 37.3 Å². The number of rotatable bonds is 4. The minimum absolute atomic E-state index is 0.279. The molecule has 0 saturated carbocycles. The molecule has 1 aromatic carbocycles. The van der Waals surface area contributed by atoms with Crippen LogP contribution in [0.25, 0.3) is 0 Å². The van der Waals surface area contributed by atoms with Crippen LogP contribution in [0.3, 0.4) is 0 Å². The maximum Gasteiger partial charge on any atom is 0.225 e. The molecular formula is C19H28N2O. The minimum Gasteiger partial charge on any atom is -0.342 e. The molecule has 2 heterocycles. The van der Waals surface area contributed by atoms with Crippen LogP contribution in [0.2, 0.25) is 0 Å². The molecule has 1 amide bonds. The summed E-state index contributed by atoms with van der Waals surface area (Å²) in [6, 6.07) is 10.7. The van der Waals surface area contributed by atoms with Crippen LogP contribution in [-0.4, -0.2) is 48.4 Å². The number of hydrogen-bond acceptors (Lipinski definition) is 2. The van der Waals surface area contributed by atoms with E-state index in [0.717, 1.165) is 45.6 Å². The van der Waals surface area contributed by atoms with E-state index < -0.39 is 0 Å². The smallest absolute Gasteiger partial charge is 0.225 e. The van der Waals surface area contributed by atoms with Crippen LogP contribution in [0.15, 0.2) is 30.3 Å². The Kier molecular flexibility index (Phi) is 5.14. The summed E-state index contributed by atoms with van der Waals surface area (Å²) in [5.74, 6) is 1.27. The van der Waals surface area contributed by atoms with Gasteiger partial charge in [-0.3, -0.25) is 4.79 Å². The number of benzene rings is 1. The largest absolute Gasteiger partial charge is 0.342 e. The minimum atomic E-state index is 0.279. The average Bonchev–Trinajstić information content (AvgIpc) is 3.10. The molecule has 0 N–H and O–H groups in total. The molecule has 3 heteroatoms. The summed E-state index contributed by atoms with van der Waals surface area (Å²) < 4.78 is 0. The number of likely N-dealkylation sites (tertiary alicyclic amines) is 2. The van der Waals surface area contributed by atoms with Crippen molar-refractivity contribution in [2.24, 2.45) is 5.92 Å². The number of hydrogen-bond donors (Lipinski definition) is 0. The Balaban J connectivity index is 1.46. The Bertz CT molecular complexity index is 473. The first-order valence-electron chi connectivity index (χ1n) is 8.80. The van der Waals surface area contributed by atoms with Gasteiger partial charge in [-0.2, -0.15) is 0 Å². The molecule has 2 aliphatic rings. The van der Waals surface area contributed by atoms with Crippen molar-refractivity contribution in [2.75, 3.05) is 32.7 Å². The highest BCUT2D eigenvalue weighted by molar-refractivity contribution is 5.79. The molecule has 3 rings (SSSR count). The Morgan fingerprint density at radius 3 is 2.36 bits per heavy atom. The highest BCUT2D eigenvalue weighted by atomic mass is 16.2. The van der Waals surface area contributed by atoms with Gasteiger partial charge >= 0.3 is 0 Å². The van der Waals surface area contributed by atoms with Crippen molar-refractivity contribution in [3.05, 3.63) is 35.9 Å². The first kappa shape index (κ1) is 15.5. The van der Waals surface area contributed by atoms with E-state index in [1.165, 1.54) is 18.4 Å². The van der Waals surface area contributed by atoms with Crippen LogP contribution in [0.5, 0.6) is 0 Å². The standard InChI is InChI=1S/C19H28N2O/c1-16(17-7-3-2-4-8-17)15-20-13-9-18(10-14-20)19(22)21-11-5-6-12-21/h2-4,7-8,16,18H,5-6,9-15H2,1H3. The third-order valence-corrected chi connectivity index (χ3v) is 5.26. The lowest BCUT2D eigenvalue weighted by Crippen LogP contribution is -2.42. The fourth-order valence-corrected chi connectivity index (χ4v) is 3.83. The topological polar surface area (TPSA) is 23.6 Å². The molecule has 0 aliphatic carbocycles. The van der Waals surface area contributed by atoms with E-state index in [4.69, 9.17) is 0 Å². The Morgan fingerprint density at radius 1 is 1.09 bits per heavy atom. The molecule has 1 aromatic rings. The van der Waals surface area contributed by atoms with Crippen molar-refractivity contribution >= 4 is 5.91 Å². The van der Waals surface area contributed by atoms with E-state index in [1.54, 1.807) is 0 Å². The van der Waals surface area contributed by atoms with Gasteiger partial charge in [0.05, 0.1) is 0 Å². The predicted octanol–water partition coefficient (Wildman–Crippen LogP) is 3.12. The molecular weight excluding hydrogens is 272 g/mol. The molecule has 1 atom stereocenters. The lowest BCUT2D eigenvalue weighted by atomic mass is 9.93. The highest BCUT2D eigenvalue weighted by Gasteiger charge is 2.30. The van der Waals surface area contributed by atoms with E-state index in [1.807, 2.05) is 0 Å². The summed E-state index contributed by atoms with van der Waals surface area (Å²) in [4.78, 5) is 17.1. The molecule has 0 bridgehead atoms. The van der Waals surface area contributed by atoms with Gasteiger partial charge in [-0.05, 0) is 50.3 Å². The molecule has 0 spiro atoms. The summed E-state index contributed by atoms with van der Waals surface area (Å²) in [6.07, 6.45) is 4.46. The van der Waals surface area contributed by atoms with Crippen LogP contribution < -0.4 is 0 Å². The first-order valence-corrected chi connectivity index (χ1v) is 8.80. The Hall–Kier alpha value is -1.35. The molecule has 0 aromatic heterocycles. The predicted molar refractivity (Wildman–Crippen MR) is 89.8 cm³/mol. The highest BCUT2D eigenvalue weighted by Crippen LogP contribution is 2.24. The van der Waals surface area contributed by atoms with Crippen LogP contribution in [-0.2, 0) is 4.79 Å². The second-order valence-corrected chi connectivity index (χ2v) is 6.92. The number of amides is 1. The van der Waals surface area contributed by atoms with E-state index in [0.29, 0.717) is 11.8 Å². The van der Waals surface area contributed by atoms with Gasteiger partial charge in [0.2, 0.25) is 5.91 Å². The van der Waals surface area contributed by atoms with Crippen LogP contribution in [0.4, 0.5) is 0 Å². The molecule has 1 unspecified atom stereocenters. The molecule has 0 radical (unpaired) electrons. The van der Waals surface area contributed by atoms with Crippen LogP contribution in [0, 0.1) is 5.92 Å². The third kappa shape index (κ3) is 3.70. The van der Waals surface area contributed by atoms with Crippen molar-refractivity contribution in [3.63, 3.8) is 0 Å². The van der Waals surface area contributed by atoms with Gasteiger partial charge < -0.3 is 9.80 Å². The van der Waals surface area contributed by atoms with Crippen molar-refractivity contribution < 1.29 is 4.79 Å². The molecule has 2 aliphatic heterocycles. The lowest BCUT2D eigenvalue weighted by Gasteiger charge is -2.34. The Labute approximate surface area is 134 Å². The van der Waals surface area contributed by atoms with Crippen molar-refractivity contribution in [1.29, 1.82) is 0 Å². The van der Waals surface area contributed by atoms with E-state index in [9.17, 15) is 4.79 Å². The van der Waals surface area contributed by atoms with Gasteiger partial charge in [0.15, 0.2) is 0 Å². The summed E-state index contributed by atoms with van der Waals surface area (Å²) in [6.45, 7) is 7.53. The molecule has 3 nitrogen and oxygen atoms in total. The zero-order chi connectivity index (χ0) is 15.4. The molecule has 120 valence electrons. The van der Waals surface area contributed by atoms with Gasteiger partial charge in [0.25, 0.3) is 0 Å². The maximum atomic E-state index is 12.5.